The Morgan fingerprint density at radius 1 is 1.16 bits per heavy atom. The van der Waals surface area contributed by atoms with Crippen LogP contribution in [0.4, 0.5) is 0 Å². The van der Waals surface area contributed by atoms with Crippen LogP contribution in [0.3, 0.4) is 0 Å². The Balaban J connectivity index is 2.16. The van der Waals surface area contributed by atoms with Gasteiger partial charge in [-0.15, -0.1) is 0 Å². The lowest BCUT2D eigenvalue weighted by Gasteiger charge is -2.21. The predicted molar refractivity (Wildman–Crippen MR) is 81.6 cm³/mol. The zero-order valence-electron chi connectivity index (χ0n) is 12.7. The van der Waals surface area contributed by atoms with E-state index in [0.717, 1.165) is 31.9 Å². The lowest BCUT2D eigenvalue weighted by molar-refractivity contribution is 0.229. The molecule has 0 saturated carbocycles. The van der Waals surface area contributed by atoms with Gasteiger partial charge in [0.1, 0.15) is 12.4 Å². The van der Waals surface area contributed by atoms with E-state index in [-0.39, 0.29) is 0 Å². The van der Waals surface area contributed by atoms with Crippen LogP contribution in [0, 0.1) is 12.8 Å². The topological polar surface area (TPSA) is 38.5 Å². The number of nitrogens with zero attached hydrogens (tertiary/aromatic N) is 1. The molecule has 0 amide bonds. The molecule has 0 saturated heterocycles. The quantitative estimate of drug-likeness (QED) is 0.784. The third-order valence-corrected chi connectivity index (χ3v) is 3.46. The van der Waals surface area contributed by atoms with Gasteiger partial charge in [0.05, 0.1) is 0 Å². The average molecular weight is 264 g/mol. The second kappa shape index (κ2) is 8.18. The van der Waals surface area contributed by atoms with Crippen molar-refractivity contribution in [1.82, 2.24) is 4.90 Å². The molecule has 1 rings (SSSR count). The van der Waals surface area contributed by atoms with Gasteiger partial charge in [-0.25, -0.2) is 0 Å². The fraction of sp³-hybridized carbons (Fsp3) is 0.625. The molecule has 1 aromatic rings. The molecule has 0 aliphatic heterocycles. The molecule has 0 aliphatic rings. The van der Waals surface area contributed by atoms with Gasteiger partial charge in [-0.3, -0.25) is 0 Å². The number of aryl methyl sites for hydroxylation is 1. The zero-order valence-corrected chi connectivity index (χ0v) is 12.7. The highest BCUT2D eigenvalue weighted by Crippen LogP contribution is 2.11. The number of hydrogen-bond donors (Lipinski definition) is 1. The minimum absolute atomic E-state index is 0.292. The van der Waals surface area contributed by atoms with E-state index < -0.39 is 0 Å². The van der Waals surface area contributed by atoms with Gasteiger partial charge >= 0.3 is 0 Å². The third kappa shape index (κ3) is 6.60. The molecule has 1 unspecified atom stereocenters. The van der Waals surface area contributed by atoms with Crippen LogP contribution in [0.1, 0.15) is 25.8 Å². The van der Waals surface area contributed by atoms with Gasteiger partial charge in [0.15, 0.2) is 0 Å². The first-order chi connectivity index (χ1) is 8.99. The van der Waals surface area contributed by atoms with Crippen LogP contribution in [-0.4, -0.2) is 37.7 Å². The van der Waals surface area contributed by atoms with Gasteiger partial charge in [-0.05, 0) is 45.0 Å². The molecule has 0 aromatic heterocycles. The number of ether oxygens (including phenoxy) is 1. The summed E-state index contributed by atoms with van der Waals surface area (Å²) in [6.07, 6.45) is 1.04. The van der Waals surface area contributed by atoms with Crippen LogP contribution in [0.15, 0.2) is 24.3 Å². The maximum Gasteiger partial charge on any atom is 0.119 e. The first kappa shape index (κ1) is 16.0. The summed E-state index contributed by atoms with van der Waals surface area (Å²) in [6, 6.07) is 8.47. The molecule has 1 atom stereocenters. The summed E-state index contributed by atoms with van der Waals surface area (Å²) < 4.78 is 5.71. The molecule has 1 aromatic carbocycles. The lowest BCUT2D eigenvalue weighted by Crippen LogP contribution is -2.33. The Morgan fingerprint density at radius 2 is 1.79 bits per heavy atom. The molecule has 0 heterocycles. The van der Waals surface area contributed by atoms with Crippen molar-refractivity contribution in [3.05, 3.63) is 29.8 Å². The van der Waals surface area contributed by atoms with Crippen LogP contribution in [-0.2, 0) is 0 Å². The lowest BCUT2D eigenvalue weighted by atomic mass is 10.0. The largest absolute Gasteiger partial charge is 0.492 e. The Labute approximate surface area is 117 Å². The van der Waals surface area contributed by atoms with Crippen LogP contribution in [0.5, 0.6) is 5.75 Å². The highest BCUT2D eigenvalue weighted by Gasteiger charge is 2.08. The van der Waals surface area contributed by atoms with E-state index >= 15 is 0 Å². The minimum atomic E-state index is 0.292. The van der Waals surface area contributed by atoms with Gasteiger partial charge in [-0.1, -0.05) is 31.5 Å². The molecule has 3 heteroatoms. The van der Waals surface area contributed by atoms with Gasteiger partial charge < -0.3 is 15.4 Å². The number of likely N-dealkylation sites (N-methyl/N-ethyl adjacent to an activating group) is 1. The van der Waals surface area contributed by atoms with Crippen molar-refractivity contribution in [3.8, 4) is 5.75 Å². The Hall–Kier alpha value is -1.06. The molecule has 0 spiro atoms. The summed E-state index contributed by atoms with van der Waals surface area (Å²) in [5.74, 6) is 1.50. The highest BCUT2D eigenvalue weighted by molar-refractivity contribution is 5.26. The molecule has 19 heavy (non-hydrogen) atoms. The Morgan fingerprint density at radius 3 is 2.37 bits per heavy atom. The Kier molecular flexibility index (Phi) is 6.89. The summed E-state index contributed by atoms with van der Waals surface area (Å²) in [5, 5.41) is 0. The van der Waals surface area contributed by atoms with Crippen LogP contribution in [0.2, 0.25) is 0 Å². The normalized spacial score (nSPS) is 13.0. The fourth-order valence-corrected chi connectivity index (χ4v) is 1.77. The van der Waals surface area contributed by atoms with Crippen LogP contribution in [0.25, 0.3) is 0 Å². The second-order valence-electron chi connectivity index (χ2n) is 5.66. The predicted octanol–water partition coefficient (Wildman–Crippen LogP) is 2.68. The highest BCUT2D eigenvalue weighted by atomic mass is 16.5. The number of benzene rings is 1. The van der Waals surface area contributed by atoms with E-state index in [0.29, 0.717) is 12.0 Å². The summed E-state index contributed by atoms with van der Waals surface area (Å²) in [5.41, 5.74) is 7.30. The summed E-state index contributed by atoms with van der Waals surface area (Å²) in [6.45, 7) is 9.09. The molecular weight excluding hydrogens is 236 g/mol. The van der Waals surface area contributed by atoms with Crippen molar-refractivity contribution in [2.75, 3.05) is 26.7 Å². The molecular formula is C16H28N2O. The van der Waals surface area contributed by atoms with Gasteiger partial charge in [0.25, 0.3) is 0 Å². The van der Waals surface area contributed by atoms with Crippen molar-refractivity contribution in [1.29, 1.82) is 0 Å². The van der Waals surface area contributed by atoms with E-state index in [1.54, 1.807) is 0 Å². The van der Waals surface area contributed by atoms with Crippen LogP contribution >= 0.6 is 0 Å². The maximum absolute atomic E-state index is 6.04. The Bertz CT molecular complexity index is 348. The van der Waals surface area contributed by atoms with Gasteiger partial charge in [0.2, 0.25) is 0 Å². The average Bonchev–Trinajstić information content (AvgIpc) is 2.38. The van der Waals surface area contributed by atoms with Crippen molar-refractivity contribution >= 4 is 0 Å². The second-order valence-corrected chi connectivity index (χ2v) is 5.66. The van der Waals surface area contributed by atoms with Crippen molar-refractivity contribution in [3.63, 3.8) is 0 Å². The van der Waals surface area contributed by atoms with E-state index in [1.165, 1.54) is 5.56 Å². The van der Waals surface area contributed by atoms with Gasteiger partial charge in [0, 0.05) is 12.6 Å². The van der Waals surface area contributed by atoms with Crippen LogP contribution < -0.4 is 10.5 Å². The van der Waals surface area contributed by atoms with Gasteiger partial charge in [-0.2, -0.15) is 0 Å². The summed E-state index contributed by atoms with van der Waals surface area (Å²) in [7, 11) is 2.12. The standard InChI is InChI=1S/C16H28N2O/c1-13(2)16(17)9-10-18(4)11-12-19-15-7-5-14(3)6-8-15/h5-8,13,16H,9-12,17H2,1-4H3. The number of rotatable bonds is 8. The van der Waals surface area contributed by atoms with Crippen molar-refractivity contribution in [2.24, 2.45) is 11.7 Å². The summed E-state index contributed by atoms with van der Waals surface area (Å²) in [4.78, 5) is 2.27. The van der Waals surface area contributed by atoms with E-state index in [4.69, 9.17) is 10.5 Å². The fourth-order valence-electron chi connectivity index (χ4n) is 1.77. The number of nitrogens with two attached hydrogens (primary N) is 1. The first-order valence-electron chi connectivity index (χ1n) is 7.12. The summed E-state index contributed by atoms with van der Waals surface area (Å²) >= 11 is 0. The molecule has 0 radical (unpaired) electrons. The molecule has 0 fully saturated rings. The smallest absolute Gasteiger partial charge is 0.119 e. The van der Waals surface area contributed by atoms with Crippen molar-refractivity contribution in [2.45, 2.75) is 33.2 Å². The monoisotopic (exact) mass is 264 g/mol. The molecule has 108 valence electrons. The molecule has 0 aliphatic carbocycles. The zero-order chi connectivity index (χ0) is 14.3. The number of hydrogen-bond acceptors (Lipinski definition) is 3. The van der Waals surface area contributed by atoms with E-state index in [2.05, 4.69) is 44.9 Å². The molecule has 0 bridgehead atoms. The van der Waals surface area contributed by atoms with E-state index in [9.17, 15) is 0 Å². The molecule has 2 N–H and O–H groups in total. The third-order valence-electron chi connectivity index (χ3n) is 3.46. The van der Waals surface area contributed by atoms with E-state index in [1.807, 2.05) is 12.1 Å². The maximum atomic E-state index is 6.04. The minimum Gasteiger partial charge on any atom is -0.492 e. The first-order valence-corrected chi connectivity index (χ1v) is 7.12. The van der Waals surface area contributed by atoms with Crippen molar-refractivity contribution < 1.29 is 4.74 Å². The SMILES string of the molecule is Cc1ccc(OCCN(C)CCC(N)C(C)C)cc1. The molecule has 3 nitrogen and oxygen atoms in total.